The van der Waals surface area contributed by atoms with Gasteiger partial charge in [0.2, 0.25) is 0 Å². The van der Waals surface area contributed by atoms with E-state index in [0.29, 0.717) is 10.8 Å². The van der Waals surface area contributed by atoms with Gasteiger partial charge in [-0.25, -0.2) is 4.39 Å². The van der Waals surface area contributed by atoms with Crippen molar-refractivity contribution < 1.29 is 4.39 Å². The second kappa shape index (κ2) is 5.41. The zero-order valence-electron chi connectivity index (χ0n) is 8.98. The summed E-state index contributed by atoms with van der Waals surface area (Å²) in [4.78, 5) is 0. The zero-order chi connectivity index (χ0) is 12.1. The van der Waals surface area contributed by atoms with Crippen molar-refractivity contribution in [1.82, 2.24) is 0 Å². The second-order valence-corrected chi connectivity index (χ2v) is 3.86. The first-order valence-corrected chi connectivity index (χ1v) is 5.53. The molecular weight excluding hydrogens is 235 g/mol. The van der Waals surface area contributed by atoms with Crippen LogP contribution in [0, 0.1) is 5.82 Å². The minimum absolute atomic E-state index is 0.294. The molecule has 0 bridgehead atoms. The summed E-state index contributed by atoms with van der Waals surface area (Å²) in [5.74, 6) is -0.294. The predicted octanol–water partition coefficient (Wildman–Crippen LogP) is 3.63. The van der Waals surface area contributed by atoms with Gasteiger partial charge in [0.15, 0.2) is 5.11 Å². The number of para-hydroxylation sites is 1. The van der Waals surface area contributed by atoms with E-state index < -0.39 is 0 Å². The van der Waals surface area contributed by atoms with Crippen LogP contribution in [0.1, 0.15) is 0 Å². The highest BCUT2D eigenvalue weighted by atomic mass is 32.1. The smallest absolute Gasteiger partial charge is 0.175 e. The van der Waals surface area contributed by atoms with Crippen LogP contribution in [0.4, 0.5) is 15.8 Å². The van der Waals surface area contributed by atoms with Crippen molar-refractivity contribution in [3.05, 3.63) is 60.4 Å². The maximum Gasteiger partial charge on any atom is 0.175 e. The summed E-state index contributed by atoms with van der Waals surface area (Å²) < 4.78 is 12.9. The Balaban J connectivity index is 1.98. The molecule has 2 aromatic carbocycles. The van der Waals surface area contributed by atoms with E-state index >= 15 is 0 Å². The lowest BCUT2D eigenvalue weighted by Gasteiger charge is -2.10. The van der Waals surface area contributed by atoms with Crippen LogP contribution in [-0.4, -0.2) is 5.11 Å². The average Bonchev–Trinajstić information content (AvgIpc) is 2.30. The van der Waals surface area contributed by atoms with Gasteiger partial charge in [0.05, 0.1) is 0 Å². The second-order valence-electron chi connectivity index (χ2n) is 3.46. The first kappa shape index (κ1) is 11.5. The lowest BCUT2D eigenvalue weighted by Crippen LogP contribution is -2.18. The molecule has 0 atom stereocenters. The number of rotatable bonds is 2. The maximum absolute atomic E-state index is 12.9. The summed E-state index contributed by atoms with van der Waals surface area (Å²) in [6, 6.07) is 15.7. The van der Waals surface area contributed by atoms with E-state index in [9.17, 15) is 4.39 Å². The highest BCUT2D eigenvalue weighted by molar-refractivity contribution is 7.80. The van der Waals surface area contributed by atoms with Crippen LogP contribution in [0.2, 0.25) is 0 Å². The van der Waals surface area contributed by atoms with E-state index in [-0.39, 0.29) is 5.82 Å². The monoisotopic (exact) mass is 246 g/mol. The molecule has 0 aliphatic carbocycles. The third kappa shape index (κ3) is 3.53. The van der Waals surface area contributed by atoms with Crippen molar-refractivity contribution in [2.45, 2.75) is 0 Å². The third-order valence-electron chi connectivity index (χ3n) is 2.11. The molecule has 0 radical (unpaired) electrons. The Morgan fingerprint density at radius 2 is 1.53 bits per heavy atom. The summed E-state index contributed by atoms with van der Waals surface area (Å²) in [6.45, 7) is 0. The molecule has 0 spiro atoms. The van der Waals surface area contributed by atoms with Crippen molar-refractivity contribution in [2.75, 3.05) is 10.6 Å². The molecular formula is C13H11FN2S. The molecule has 0 saturated carbocycles. The number of anilines is 2. The standard InChI is InChI=1S/C13H11FN2S/c14-10-5-4-8-12(9-10)16-13(17)15-11-6-2-1-3-7-11/h1-9H,(H2,15,16,17). The molecule has 0 fully saturated rings. The molecule has 0 aliphatic heterocycles. The van der Waals surface area contributed by atoms with E-state index in [1.165, 1.54) is 12.1 Å². The van der Waals surface area contributed by atoms with Gasteiger partial charge in [-0.15, -0.1) is 0 Å². The van der Waals surface area contributed by atoms with Crippen molar-refractivity contribution in [3.63, 3.8) is 0 Å². The molecule has 86 valence electrons. The lowest BCUT2D eigenvalue weighted by atomic mass is 10.3. The number of hydrogen-bond donors (Lipinski definition) is 2. The first-order chi connectivity index (χ1) is 8.24. The van der Waals surface area contributed by atoms with Gasteiger partial charge >= 0.3 is 0 Å². The molecule has 0 heterocycles. The highest BCUT2D eigenvalue weighted by Crippen LogP contribution is 2.10. The average molecular weight is 246 g/mol. The van der Waals surface area contributed by atoms with E-state index in [1.54, 1.807) is 12.1 Å². The van der Waals surface area contributed by atoms with E-state index in [0.717, 1.165) is 5.69 Å². The Bertz CT molecular complexity index is 514. The molecule has 0 aromatic heterocycles. The quantitative estimate of drug-likeness (QED) is 0.791. The molecule has 2 N–H and O–H groups in total. The molecule has 0 saturated heterocycles. The Labute approximate surface area is 104 Å². The number of halogens is 1. The predicted molar refractivity (Wildman–Crippen MR) is 72.7 cm³/mol. The summed E-state index contributed by atoms with van der Waals surface area (Å²) in [5.41, 5.74) is 1.51. The molecule has 0 amide bonds. The van der Waals surface area contributed by atoms with Crippen LogP contribution < -0.4 is 10.6 Å². The molecule has 0 unspecified atom stereocenters. The largest absolute Gasteiger partial charge is 0.332 e. The van der Waals surface area contributed by atoms with Crippen LogP contribution in [0.15, 0.2) is 54.6 Å². The normalized spacial score (nSPS) is 9.71. The van der Waals surface area contributed by atoms with Crippen LogP contribution in [0.5, 0.6) is 0 Å². The minimum atomic E-state index is -0.294. The van der Waals surface area contributed by atoms with Gasteiger partial charge in [0, 0.05) is 11.4 Å². The minimum Gasteiger partial charge on any atom is -0.332 e. The molecule has 17 heavy (non-hydrogen) atoms. The van der Waals surface area contributed by atoms with Crippen molar-refractivity contribution >= 4 is 28.7 Å². The van der Waals surface area contributed by atoms with Gasteiger partial charge in [0.25, 0.3) is 0 Å². The molecule has 2 nitrogen and oxygen atoms in total. The van der Waals surface area contributed by atoms with Crippen LogP contribution in [-0.2, 0) is 0 Å². The molecule has 0 aliphatic rings. The fourth-order valence-corrected chi connectivity index (χ4v) is 1.62. The van der Waals surface area contributed by atoms with Gasteiger partial charge in [-0.05, 0) is 42.5 Å². The van der Waals surface area contributed by atoms with Crippen molar-refractivity contribution in [1.29, 1.82) is 0 Å². The number of nitrogens with one attached hydrogen (secondary N) is 2. The van der Waals surface area contributed by atoms with Crippen LogP contribution >= 0.6 is 12.2 Å². The number of thiocarbonyl (C=S) groups is 1. The Hall–Kier alpha value is -1.94. The number of benzene rings is 2. The molecule has 4 heteroatoms. The van der Waals surface area contributed by atoms with Crippen molar-refractivity contribution in [3.8, 4) is 0 Å². The molecule has 2 rings (SSSR count). The lowest BCUT2D eigenvalue weighted by molar-refractivity contribution is 0.628. The Morgan fingerprint density at radius 1 is 0.882 bits per heavy atom. The van der Waals surface area contributed by atoms with E-state index in [2.05, 4.69) is 10.6 Å². The SMILES string of the molecule is Fc1cccc(NC(=S)Nc2ccccc2)c1. The van der Waals surface area contributed by atoms with Gasteiger partial charge < -0.3 is 10.6 Å². The first-order valence-electron chi connectivity index (χ1n) is 5.13. The zero-order valence-corrected chi connectivity index (χ0v) is 9.80. The van der Waals surface area contributed by atoms with Crippen LogP contribution in [0.3, 0.4) is 0 Å². The Kier molecular flexibility index (Phi) is 3.67. The van der Waals surface area contributed by atoms with Gasteiger partial charge in [0.1, 0.15) is 5.82 Å². The van der Waals surface area contributed by atoms with E-state index in [4.69, 9.17) is 12.2 Å². The molecule has 2 aromatic rings. The van der Waals surface area contributed by atoms with Crippen molar-refractivity contribution in [2.24, 2.45) is 0 Å². The van der Waals surface area contributed by atoms with Gasteiger partial charge in [-0.2, -0.15) is 0 Å². The highest BCUT2D eigenvalue weighted by Gasteiger charge is 1.99. The topological polar surface area (TPSA) is 24.1 Å². The fraction of sp³-hybridized carbons (Fsp3) is 0. The number of hydrogen-bond acceptors (Lipinski definition) is 1. The summed E-state index contributed by atoms with van der Waals surface area (Å²) in [6.07, 6.45) is 0. The summed E-state index contributed by atoms with van der Waals surface area (Å²) in [7, 11) is 0. The van der Waals surface area contributed by atoms with Gasteiger partial charge in [-0.1, -0.05) is 24.3 Å². The van der Waals surface area contributed by atoms with E-state index in [1.807, 2.05) is 30.3 Å². The maximum atomic E-state index is 12.9. The summed E-state index contributed by atoms with van der Waals surface area (Å²) in [5, 5.41) is 6.35. The van der Waals surface area contributed by atoms with Gasteiger partial charge in [-0.3, -0.25) is 0 Å². The van der Waals surface area contributed by atoms with Crippen LogP contribution in [0.25, 0.3) is 0 Å². The summed E-state index contributed by atoms with van der Waals surface area (Å²) >= 11 is 5.12. The fourth-order valence-electron chi connectivity index (χ4n) is 1.38. The third-order valence-corrected chi connectivity index (χ3v) is 2.32. The Morgan fingerprint density at radius 3 is 2.24 bits per heavy atom.